The minimum atomic E-state index is -0.326. The van der Waals surface area contributed by atoms with Gasteiger partial charge >= 0.3 is 5.97 Å². The molecule has 34 heavy (non-hydrogen) atoms. The molecule has 0 saturated heterocycles. The van der Waals surface area contributed by atoms with Crippen molar-refractivity contribution in [2.75, 3.05) is 7.11 Å². The van der Waals surface area contributed by atoms with Gasteiger partial charge in [0.2, 0.25) is 0 Å². The van der Waals surface area contributed by atoms with Crippen molar-refractivity contribution in [3.63, 3.8) is 0 Å². The predicted molar refractivity (Wildman–Crippen MR) is 137 cm³/mol. The highest BCUT2D eigenvalue weighted by atomic mass is 16.5. The molecule has 0 amide bonds. The van der Waals surface area contributed by atoms with Crippen LogP contribution in [0.1, 0.15) is 106 Å². The first kappa shape index (κ1) is 24.8. The lowest BCUT2D eigenvalue weighted by Gasteiger charge is -2.71. The van der Waals surface area contributed by atoms with Crippen molar-refractivity contribution in [2.24, 2.45) is 56.7 Å². The van der Waals surface area contributed by atoms with Gasteiger partial charge in [-0.1, -0.05) is 60.1 Å². The van der Waals surface area contributed by atoms with Crippen LogP contribution in [-0.4, -0.2) is 24.3 Å². The average molecular weight is 471 g/mol. The van der Waals surface area contributed by atoms with E-state index in [9.17, 15) is 9.90 Å². The van der Waals surface area contributed by atoms with Crippen LogP contribution in [0.25, 0.3) is 0 Å². The minimum absolute atomic E-state index is 0.0147. The molecule has 5 aliphatic rings. The highest BCUT2D eigenvalue weighted by Crippen LogP contribution is 2.75. The van der Waals surface area contributed by atoms with E-state index in [1.807, 2.05) is 0 Å². The molecule has 2 unspecified atom stereocenters. The second kappa shape index (κ2) is 7.59. The maximum atomic E-state index is 13.4. The Labute approximate surface area is 208 Å². The predicted octanol–water partition coefficient (Wildman–Crippen LogP) is 7.18. The Morgan fingerprint density at radius 3 is 2.32 bits per heavy atom. The van der Waals surface area contributed by atoms with Crippen LogP contribution >= 0.6 is 0 Å². The second-order valence-corrected chi connectivity index (χ2v) is 14.7. The topological polar surface area (TPSA) is 46.5 Å². The first-order valence-electron chi connectivity index (χ1n) is 14.3. The summed E-state index contributed by atoms with van der Waals surface area (Å²) in [6, 6.07) is 0. The van der Waals surface area contributed by atoms with Crippen LogP contribution < -0.4 is 0 Å². The zero-order valence-corrected chi connectivity index (χ0v) is 23.2. The molecule has 5 rings (SSSR count). The van der Waals surface area contributed by atoms with E-state index in [0.717, 1.165) is 44.9 Å². The van der Waals surface area contributed by atoms with Gasteiger partial charge in [0, 0.05) is 0 Å². The maximum Gasteiger partial charge on any atom is 0.312 e. The Morgan fingerprint density at radius 2 is 1.65 bits per heavy atom. The van der Waals surface area contributed by atoms with E-state index in [1.54, 1.807) is 12.7 Å². The molecule has 10 atom stereocenters. The number of aliphatic hydroxyl groups is 1. The van der Waals surface area contributed by atoms with Gasteiger partial charge in [0.25, 0.3) is 0 Å². The van der Waals surface area contributed by atoms with Gasteiger partial charge in [-0.25, -0.2) is 0 Å². The van der Waals surface area contributed by atoms with Crippen LogP contribution in [0.4, 0.5) is 0 Å². The molecular weight excluding hydrogens is 420 g/mol. The van der Waals surface area contributed by atoms with Crippen LogP contribution in [0.3, 0.4) is 0 Å². The summed E-state index contributed by atoms with van der Waals surface area (Å²) in [7, 11) is 1.60. The van der Waals surface area contributed by atoms with Gasteiger partial charge in [0.15, 0.2) is 0 Å². The van der Waals surface area contributed by atoms with Crippen LogP contribution in [0, 0.1) is 56.7 Å². The van der Waals surface area contributed by atoms with Gasteiger partial charge in [0.05, 0.1) is 18.6 Å². The third-order valence-electron chi connectivity index (χ3n) is 13.6. The molecule has 5 aliphatic carbocycles. The molecule has 0 aromatic rings. The molecule has 192 valence electrons. The molecule has 1 N–H and O–H groups in total. The number of ether oxygens (including phenoxy) is 1. The molecule has 0 aromatic heterocycles. The fraction of sp³-hybridized carbons (Fsp3) is 0.903. The summed E-state index contributed by atoms with van der Waals surface area (Å²) in [4.78, 5) is 13.4. The normalized spacial score (nSPS) is 54.0. The molecule has 0 aliphatic heterocycles. The number of methoxy groups -OCH3 is 1. The van der Waals surface area contributed by atoms with Crippen molar-refractivity contribution >= 4 is 5.97 Å². The van der Waals surface area contributed by atoms with Crippen LogP contribution in [-0.2, 0) is 9.53 Å². The largest absolute Gasteiger partial charge is 0.469 e. The highest BCUT2D eigenvalue weighted by molar-refractivity contribution is 5.78. The van der Waals surface area contributed by atoms with Gasteiger partial charge in [-0.05, 0) is 109 Å². The average Bonchev–Trinajstić information content (AvgIpc) is 2.79. The molecule has 4 saturated carbocycles. The Bertz CT molecular complexity index is 889. The number of carbonyl (C=O) groups excluding carboxylic acids is 1. The molecule has 4 fully saturated rings. The van der Waals surface area contributed by atoms with Crippen molar-refractivity contribution in [2.45, 2.75) is 112 Å². The standard InChI is InChI=1S/C31H50O3/c1-19-11-16-31(26(33)34-8)18-17-29(6)21(25(31)20(19)2)9-10-23-28(5)14-13-24(32)27(3,4)22(28)12-15-30(23,29)7/h9,19-20,22-25,32H,10-18H2,1-8H3/t19-,20+,22?,23?,24+,25+,28+,29-,30-,31+/m1/s1. The van der Waals surface area contributed by atoms with Gasteiger partial charge < -0.3 is 9.84 Å². The SMILES string of the molecule is COC(=O)[C@]12CC[C@@H](C)[C@H](C)[C@H]1C1=CCC3[C@@]4(C)CC[C@H](O)C(C)(C)C4CC[C@@]3(C)[C@]1(C)CC2. The van der Waals surface area contributed by atoms with Crippen LogP contribution in [0.2, 0.25) is 0 Å². The number of esters is 1. The van der Waals surface area contributed by atoms with E-state index in [2.05, 4.69) is 54.5 Å². The fourth-order valence-electron chi connectivity index (χ4n) is 11.0. The number of rotatable bonds is 1. The summed E-state index contributed by atoms with van der Waals surface area (Å²) >= 11 is 0. The summed E-state index contributed by atoms with van der Waals surface area (Å²) < 4.78 is 5.51. The molecule has 0 heterocycles. The lowest BCUT2D eigenvalue weighted by molar-refractivity contribution is -0.207. The Kier molecular flexibility index (Phi) is 5.55. The maximum absolute atomic E-state index is 13.4. The number of allylic oxidation sites excluding steroid dienone is 2. The molecule has 0 aromatic carbocycles. The van der Waals surface area contributed by atoms with E-state index in [-0.39, 0.29) is 39.1 Å². The highest BCUT2D eigenvalue weighted by Gasteiger charge is 2.69. The molecular formula is C31H50O3. The summed E-state index contributed by atoms with van der Waals surface area (Å²) in [6.07, 6.45) is 12.3. The summed E-state index contributed by atoms with van der Waals surface area (Å²) in [5.74, 6) is 2.73. The zero-order chi connectivity index (χ0) is 24.9. The Balaban J connectivity index is 1.61. The monoisotopic (exact) mass is 470 g/mol. The van der Waals surface area contributed by atoms with E-state index in [0.29, 0.717) is 29.6 Å². The number of fused-ring (bicyclic) bond motifs is 7. The minimum Gasteiger partial charge on any atom is -0.469 e. The van der Waals surface area contributed by atoms with E-state index >= 15 is 0 Å². The third kappa shape index (κ3) is 2.83. The van der Waals surface area contributed by atoms with E-state index in [4.69, 9.17) is 4.74 Å². The quantitative estimate of drug-likeness (QED) is 0.326. The smallest absolute Gasteiger partial charge is 0.312 e. The summed E-state index contributed by atoms with van der Waals surface area (Å²) in [5, 5.41) is 10.9. The van der Waals surface area contributed by atoms with Crippen molar-refractivity contribution < 1.29 is 14.6 Å². The molecule has 3 nitrogen and oxygen atoms in total. The van der Waals surface area contributed by atoms with Crippen molar-refractivity contribution in [1.29, 1.82) is 0 Å². The molecule has 0 spiro atoms. The number of hydrogen-bond donors (Lipinski definition) is 1. The zero-order valence-electron chi connectivity index (χ0n) is 23.2. The van der Waals surface area contributed by atoms with Gasteiger partial charge in [-0.15, -0.1) is 0 Å². The molecule has 0 bridgehead atoms. The second-order valence-electron chi connectivity index (χ2n) is 14.7. The van der Waals surface area contributed by atoms with Crippen LogP contribution in [0.15, 0.2) is 11.6 Å². The summed E-state index contributed by atoms with van der Waals surface area (Å²) in [6.45, 7) is 17.2. The number of aliphatic hydroxyl groups excluding tert-OH is 1. The molecule has 0 radical (unpaired) electrons. The third-order valence-corrected chi connectivity index (χ3v) is 13.6. The van der Waals surface area contributed by atoms with Crippen molar-refractivity contribution in [3.05, 3.63) is 11.6 Å². The first-order valence-corrected chi connectivity index (χ1v) is 14.3. The lowest BCUT2D eigenvalue weighted by atomic mass is 9.33. The fourth-order valence-corrected chi connectivity index (χ4v) is 11.0. The van der Waals surface area contributed by atoms with E-state index < -0.39 is 0 Å². The summed E-state index contributed by atoms with van der Waals surface area (Å²) in [5.41, 5.74) is 1.91. The van der Waals surface area contributed by atoms with E-state index in [1.165, 1.54) is 12.8 Å². The lowest BCUT2D eigenvalue weighted by Crippen LogP contribution is -2.65. The van der Waals surface area contributed by atoms with Crippen molar-refractivity contribution in [1.82, 2.24) is 0 Å². The Morgan fingerprint density at radius 1 is 0.941 bits per heavy atom. The van der Waals surface area contributed by atoms with Gasteiger partial charge in [-0.2, -0.15) is 0 Å². The van der Waals surface area contributed by atoms with Gasteiger partial charge in [-0.3, -0.25) is 4.79 Å². The Hall–Kier alpha value is -0.830. The van der Waals surface area contributed by atoms with Crippen molar-refractivity contribution in [3.8, 4) is 0 Å². The first-order chi connectivity index (χ1) is 15.8. The van der Waals surface area contributed by atoms with Gasteiger partial charge in [0.1, 0.15) is 0 Å². The number of hydrogen-bond acceptors (Lipinski definition) is 3. The number of carbonyl (C=O) groups is 1. The molecule has 3 heteroatoms. The van der Waals surface area contributed by atoms with Crippen LogP contribution in [0.5, 0.6) is 0 Å².